The molecule has 0 atom stereocenters. The van der Waals surface area contributed by atoms with Crippen molar-refractivity contribution in [2.75, 3.05) is 6.61 Å². The fraction of sp³-hybridized carbons (Fsp3) is 0.259. The summed E-state index contributed by atoms with van der Waals surface area (Å²) in [6.07, 6.45) is 7.71. The highest BCUT2D eigenvalue weighted by atomic mass is 35.5. The maximum Gasteiger partial charge on any atom is 0.343 e. The van der Waals surface area contributed by atoms with E-state index in [1.807, 2.05) is 30.3 Å². The van der Waals surface area contributed by atoms with Crippen LogP contribution in [-0.2, 0) is 0 Å². The molecule has 5 heteroatoms. The zero-order valence-electron chi connectivity index (χ0n) is 18.3. The predicted molar refractivity (Wildman–Crippen MR) is 131 cm³/mol. The summed E-state index contributed by atoms with van der Waals surface area (Å²) in [6, 6.07) is 21.6. The molecule has 32 heavy (non-hydrogen) atoms. The lowest BCUT2D eigenvalue weighted by Crippen LogP contribution is -2.08. The van der Waals surface area contributed by atoms with Crippen molar-refractivity contribution >= 4 is 29.5 Å². The van der Waals surface area contributed by atoms with Gasteiger partial charge in [-0.3, -0.25) is 4.99 Å². The van der Waals surface area contributed by atoms with Crippen LogP contribution in [0, 0.1) is 0 Å². The summed E-state index contributed by atoms with van der Waals surface area (Å²) in [5.41, 5.74) is 2.05. The lowest BCUT2D eigenvalue weighted by Gasteiger charge is -2.08. The van der Waals surface area contributed by atoms with Crippen molar-refractivity contribution in [1.82, 2.24) is 0 Å². The normalized spacial score (nSPS) is 10.9. The summed E-state index contributed by atoms with van der Waals surface area (Å²) in [4.78, 5) is 16.8. The molecule has 0 fully saturated rings. The molecule has 0 aliphatic rings. The Hall–Kier alpha value is -3.11. The van der Waals surface area contributed by atoms with Crippen LogP contribution in [0.5, 0.6) is 11.5 Å². The number of hydrogen-bond donors (Lipinski definition) is 0. The molecule has 3 aromatic rings. The molecule has 0 radical (unpaired) electrons. The topological polar surface area (TPSA) is 47.9 Å². The Bertz CT molecular complexity index is 1010. The molecule has 0 saturated carbocycles. The molecule has 3 aromatic carbocycles. The van der Waals surface area contributed by atoms with Crippen molar-refractivity contribution in [1.29, 1.82) is 0 Å². The molecule has 0 aromatic heterocycles. The second kappa shape index (κ2) is 12.7. The number of rotatable bonds is 11. The van der Waals surface area contributed by atoms with Gasteiger partial charge in [0.2, 0.25) is 0 Å². The molecular formula is C27H28ClNO3. The predicted octanol–water partition coefficient (Wildman–Crippen LogP) is 7.66. The first kappa shape index (κ1) is 23.6. The Kier molecular flexibility index (Phi) is 9.33. The quantitative estimate of drug-likeness (QED) is 0.131. The van der Waals surface area contributed by atoms with Crippen LogP contribution < -0.4 is 9.47 Å². The van der Waals surface area contributed by atoms with Gasteiger partial charge in [-0.25, -0.2) is 4.79 Å². The van der Waals surface area contributed by atoms with E-state index in [2.05, 4.69) is 11.9 Å². The zero-order valence-corrected chi connectivity index (χ0v) is 19.1. The van der Waals surface area contributed by atoms with E-state index in [0.717, 1.165) is 17.7 Å². The van der Waals surface area contributed by atoms with E-state index < -0.39 is 5.97 Å². The number of esters is 1. The fourth-order valence-electron chi connectivity index (χ4n) is 3.07. The van der Waals surface area contributed by atoms with Gasteiger partial charge in [-0.15, -0.1) is 0 Å². The number of aliphatic imine (C=N–C) groups is 1. The molecule has 0 heterocycles. The SMILES string of the molecule is CCCCCCCOc1ccc(C(=O)Oc2ccc(C=Nc3ccccc3Cl)cc2)cc1. The zero-order chi connectivity index (χ0) is 22.6. The first-order chi connectivity index (χ1) is 15.7. The lowest BCUT2D eigenvalue weighted by atomic mass is 10.2. The van der Waals surface area contributed by atoms with Gasteiger partial charge >= 0.3 is 5.97 Å². The molecule has 166 valence electrons. The molecule has 0 unspecified atom stereocenters. The summed E-state index contributed by atoms with van der Waals surface area (Å²) in [7, 11) is 0. The van der Waals surface area contributed by atoms with Crippen molar-refractivity contribution in [3.63, 3.8) is 0 Å². The average molecular weight is 450 g/mol. The monoisotopic (exact) mass is 449 g/mol. The van der Waals surface area contributed by atoms with Gasteiger partial charge in [-0.2, -0.15) is 0 Å². The van der Waals surface area contributed by atoms with Gasteiger partial charge in [-0.05, 0) is 72.6 Å². The third kappa shape index (κ3) is 7.54. The fourth-order valence-corrected chi connectivity index (χ4v) is 3.26. The summed E-state index contributed by atoms with van der Waals surface area (Å²) in [5, 5.41) is 0.595. The highest BCUT2D eigenvalue weighted by molar-refractivity contribution is 6.33. The van der Waals surface area contributed by atoms with E-state index in [1.165, 1.54) is 25.7 Å². The Labute approximate surface area is 194 Å². The van der Waals surface area contributed by atoms with Crippen LogP contribution in [0.3, 0.4) is 0 Å². The first-order valence-electron chi connectivity index (χ1n) is 11.0. The number of carbonyl (C=O) groups is 1. The van der Waals surface area contributed by atoms with Gasteiger partial charge in [0.25, 0.3) is 0 Å². The number of unbranched alkanes of at least 4 members (excludes halogenated alkanes) is 4. The number of nitrogens with zero attached hydrogens (tertiary/aromatic N) is 1. The Morgan fingerprint density at radius 1 is 0.875 bits per heavy atom. The number of halogens is 1. The van der Waals surface area contributed by atoms with Gasteiger partial charge in [0.1, 0.15) is 11.5 Å². The van der Waals surface area contributed by atoms with Crippen LogP contribution in [0.25, 0.3) is 0 Å². The second-order valence-corrected chi connectivity index (χ2v) is 7.86. The van der Waals surface area contributed by atoms with Crippen LogP contribution in [0.15, 0.2) is 77.8 Å². The van der Waals surface area contributed by atoms with E-state index >= 15 is 0 Å². The first-order valence-corrected chi connectivity index (χ1v) is 11.4. The molecule has 3 rings (SSSR count). The minimum Gasteiger partial charge on any atom is -0.494 e. The summed E-state index contributed by atoms with van der Waals surface area (Å²) in [5.74, 6) is 0.824. The van der Waals surface area contributed by atoms with Crippen molar-refractivity contribution in [3.05, 3.63) is 88.9 Å². The highest BCUT2D eigenvalue weighted by Crippen LogP contribution is 2.24. The minimum atomic E-state index is -0.409. The molecule has 0 aliphatic carbocycles. The van der Waals surface area contributed by atoms with Gasteiger partial charge < -0.3 is 9.47 Å². The number of hydrogen-bond acceptors (Lipinski definition) is 4. The van der Waals surface area contributed by atoms with Gasteiger partial charge in [-0.1, -0.05) is 56.3 Å². The van der Waals surface area contributed by atoms with Gasteiger partial charge in [0.05, 0.1) is 22.9 Å². The van der Waals surface area contributed by atoms with Crippen molar-refractivity contribution in [2.45, 2.75) is 39.0 Å². The van der Waals surface area contributed by atoms with Gasteiger partial charge in [0.15, 0.2) is 0 Å². The number of carbonyl (C=O) groups excluding carboxylic acids is 1. The second-order valence-electron chi connectivity index (χ2n) is 7.46. The molecule has 0 aliphatic heterocycles. The molecule has 0 saturated heterocycles. The van der Waals surface area contributed by atoms with Crippen LogP contribution >= 0.6 is 11.6 Å². The average Bonchev–Trinajstić information content (AvgIpc) is 2.82. The largest absolute Gasteiger partial charge is 0.494 e. The van der Waals surface area contributed by atoms with E-state index in [-0.39, 0.29) is 0 Å². The van der Waals surface area contributed by atoms with Crippen LogP contribution in [-0.4, -0.2) is 18.8 Å². The third-order valence-corrected chi connectivity index (χ3v) is 5.22. The summed E-state index contributed by atoms with van der Waals surface area (Å²) < 4.78 is 11.2. The molecule has 0 spiro atoms. The van der Waals surface area contributed by atoms with Gasteiger partial charge in [0, 0.05) is 6.21 Å². The number of ether oxygens (including phenoxy) is 2. The van der Waals surface area contributed by atoms with Crippen LogP contribution in [0.1, 0.15) is 54.9 Å². The van der Waals surface area contributed by atoms with Crippen molar-refractivity contribution in [2.24, 2.45) is 4.99 Å². The van der Waals surface area contributed by atoms with E-state index in [1.54, 1.807) is 48.7 Å². The molecule has 0 N–H and O–H groups in total. The van der Waals surface area contributed by atoms with Crippen LogP contribution in [0.2, 0.25) is 5.02 Å². The summed E-state index contributed by atoms with van der Waals surface area (Å²) in [6.45, 7) is 2.90. The standard InChI is InChI=1S/C27H28ClNO3/c1-2-3-4-5-8-19-31-23-17-13-22(14-18-23)27(30)32-24-15-11-21(12-16-24)20-29-26-10-7-6-9-25(26)28/h6-7,9-18,20H,2-5,8,19H2,1H3. The molecule has 4 nitrogen and oxygen atoms in total. The smallest absolute Gasteiger partial charge is 0.343 e. The Morgan fingerprint density at radius 3 is 2.28 bits per heavy atom. The van der Waals surface area contributed by atoms with E-state index in [4.69, 9.17) is 21.1 Å². The molecular weight excluding hydrogens is 422 g/mol. The van der Waals surface area contributed by atoms with Crippen molar-refractivity contribution in [3.8, 4) is 11.5 Å². The van der Waals surface area contributed by atoms with E-state index in [9.17, 15) is 4.79 Å². The molecule has 0 amide bonds. The third-order valence-electron chi connectivity index (χ3n) is 4.90. The maximum atomic E-state index is 12.4. The number of benzene rings is 3. The minimum absolute atomic E-state index is 0.409. The van der Waals surface area contributed by atoms with E-state index in [0.29, 0.717) is 28.6 Å². The van der Waals surface area contributed by atoms with Crippen molar-refractivity contribution < 1.29 is 14.3 Å². The summed E-state index contributed by atoms with van der Waals surface area (Å²) >= 11 is 6.11. The Balaban J connectivity index is 1.48. The highest BCUT2D eigenvalue weighted by Gasteiger charge is 2.09. The van der Waals surface area contributed by atoms with Crippen LogP contribution in [0.4, 0.5) is 5.69 Å². The lowest BCUT2D eigenvalue weighted by molar-refractivity contribution is 0.0734. The Morgan fingerprint density at radius 2 is 1.56 bits per heavy atom. The number of para-hydroxylation sites is 1. The maximum absolute atomic E-state index is 12.4. The molecule has 0 bridgehead atoms.